The Morgan fingerprint density at radius 1 is 1.15 bits per heavy atom. The third-order valence-corrected chi connectivity index (χ3v) is 4.06. The minimum atomic E-state index is -1.19. The predicted octanol–water partition coefficient (Wildman–Crippen LogP) is 4.17. The van der Waals surface area contributed by atoms with Crippen molar-refractivity contribution in [1.29, 1.82) is 0 Å². The van der Waals surface area contributed by atoms with Crippen LogP contribution < -0.4 is 5.32 Å². The molecule has 3 nitrogen and oxygen atoms in total. The summed E-state index contributed by atoms with van der Waals surface area (Å²) in [6, 6.07) is 15.0. The van der Waals surface area contributed by atoms with Crippen LogP contribution in [0.3, 0.4) is 0 Å². The van der Waals surface area contributed by atoms with Gasteiger partial charge in [-0.05, 0) is 53.0 Å². The normalized spacial score (nSPS) is 13.6. The molecule has 2 aromatic carbocycles. The Morgan fingerprint density at radius 2 is 1.75 bits per heavy atom. The summed E-state index contributed by atoms with van der Waals surface area (Å²) in [5.74, 6) is -0.914. The number of aliphatic carboxylic acids is 1. The molecule has 0 saturated heterocycles. The summed E-state index contributed by atoms with van der Waals surface area (Å²) >= 11 is 3.43. The Bertz CT molecular complexity index is 642. The van der Waals surface area contributed by atoms with Crippen molar-refractivity contribution >= 4 is 27.6 Å². The van der Waals surface area contributed by atoms with Crippen LogP contribution in [0.5, 0.6) is 0 Å². The van der Waals surface area contributed by atoms with Gasteiger partial charge in [0, 0.05) is 10.2 Å². The largest absolute Gasteiger partial charge is 0.479 e. The highest BCUT2D eigenvalue weighted by molar-refractivity contribution is 9.10. The number of carboxylic acids is 1. The number of carbonyl (C=O) groups is 1. The fourth-order valence-electron chi connectivity index (χ4n) is 2.20. The van der Waals surface area contributed by atoms with Crippen molar-refractivity contribution in [3.63, 3.8) is 0 Å². The van der Waals surface area contributed by atoms with Crippen molar-refractivity contribution in [3.8, 4) is 0 Å². The number of hydrogen-bond acceptors (Lipinski definition) is 2. The molecule has 0 aromatic heterocycles. The van der Waals surface area contributed by atoms with Crippen LogP contribution in [0, 0.1) is 6.92 Å². The van der Waals surface area contributed by atoms with Gasteiger partial charge in [0.15, 0.2) is 5.54 Å². The van der Waals surface area contributed by atoms with Crippen molar-refractivity contribution in [2.24, 2.45) is 0 Å². The summed E-state index contributed by atoms with van der Waals surface area (Å²) in [6.45, 7) is 3.59. The number of anilines is 1. The standard InChI is InChI=1S/C16H16BrNO2/c1-11-7-3-4-8-12(11)16(2,15(19)20)18-14-10-6-5-9-13(14)17/h3-10,18H,1-2H3,(H,19,20). The van der Waals surface area contributed by atoms with E-state index in [4.69, 9.17) is 0 Å². The van der Waals surface area contributed by atoms with E-state index in [0.717, 1.165) is 21.3 Å². The SMILES string of the molecule is Cc1ccccc1C(C)(Nc1ccccc1Br)C(=O)O. The van der Waals surface area contributed by atoms with Gasteiger partial charge in [-0.3, -0.25) is 0 Å². The van der Waals surface area contributed by atoms with Crippen molar-refractivity contribution in [2.45, 2.75) is 19.4 Å². The molecule has 0 aliphatic heterocycles. The molecule has 0 bridgehead atoms. The first-order valence-electron chi connectivity index (χ1n) is 6.27. The zero-order chi connectivity index (χ0) is 14.8. The van der Waals surface area contributed by atoms with E-state index in [1.54, 1.807) is 6.92 Å². The molecule has 0 spiro atoms. The first kappa shape index (κ1) is 14.6. The van der Waals surface area contributed by atoms with Crippen LogP contribution in [-0.2, 0) is 10.3 Å². The van der Waals surface area contributed by atoms with E-state index in [0.29, 0.717) is 0 Å². The van der Waals surface area contributed by atoms with Gasteiger partial charge in [-0.25, -0.2) is 4.79 Å². The number of nitrogens with one attached hydrogen (secondary N) is 1. The molecule has 4 heteroatoms. The average Bonchev–Trinajstić information content (AvgIpc) is 2.41. The van der Waals surface area contributed by atoms with Crippen LogP contribution in [0.25, 0.3) is 0 Å². The van der Waals surface area contributed by atoms with E-state index in [9.17, 15) is 9.90 Å². The number of halogens is 1. The molecule has 0 amide bonds. The third kappa shape index (κ3) is 2.70. The molecular formula is C16H16BrNO2. The molecule has 0 fully saturated rings. The molecule has 0 heterocycles. The van der Waals surface area contributed by atoms with E-state index < -0.39 is 11.5 Å². The predicted molar refractivity (Wildman–Crippen MR) is 83.9 cm³/mol. The van der Waals surface area contributed by atoms with Crippen molar-refractivity contribution < 1.29 is 9.90 Å². The summed E-state index contributed by atoms with van der Waals surface area (Å²) in [5.41, 5.74) is 1.26. The molecule has 104 valence electrons. The molecule has 2 aromatic rings. The van der Waals surface area contributed by atoms with Crippen LogP contribution in [-0.4, -0.2) is 11.1 Å². The molecule has 0 radical (unpaired) electrons. The maximum absolute atomic E-state index is 11.8. The third-order valence-electron chi connectivity index (χ3n) is 3.37. The first-order chi connectivity index (χ1) is 9.45. The summed E-state index contributed by atoms with van der Waals surface area (Å²) in [6.07, 6.45) is 0. The fraction of sp³-hybridized carbons (Fsp3) is 0.188. The zero-order valence-electron chi connectivity index (χ0n) is 11.4. The van der Waals surface area contributed by atoms with Gasteiger partial charge in [-0.1, -0.05) is 36.4 Å². The molecule has 1 unspecified atom stereocenters. The molecule has 20 heavy (non-hydrogen) atoms. The first-order valence-corrected chi connectivity index (χ1v) is 7.06. The van der Waals surface area contributed by atoms with E-state index in [2.05, 4.69) is 21.2 Å². The fourth-order valence-corrected chi connectivity index (χ4v) is 2.59. The van der Waals surface area contributed by atoms with E-state index in [-0.39, 0.29) is 0 Å². The summed E-state index contributed by atoms with van der Waals surface area (Å²) in [7, 11) is 0. The van der Waals surface area contributed by atoms with Gasteiger partial charge in [0.1, 0.15) is 0 Å². The van der Waals surface area contributed by atoms with Crippen LogP contribution in [0.15, 0.2) is 53.0 Å². The minimum Gasteiger partial charge on any atom is -0.479 e. The van der Waals surface area contributed by atoms with Crippen LogP contribution in [0.1, 0.15) is 18.1 Å². The number of aryl methyl sites for hydroxylation is 1. The Hall–Kier alpha value is -1.81. The summed E-state index contributed by atoms with van der Waals surface area (Å²) < 4.78 is 0.834. The molecule has 2 rings (SSSR count). The molecule has 0 aliphatic carbocycles. The van der Waals surface area contributed by atoms with Crippen molar-refractivity contribution in [2.75, 3.05) is 5.32 Å². The lowest BCUT2D eigenvalue weighted by molar-refractivity contribution is -0.142. The van der Waals surface area contributed by atoms with Gasteiger partial charge in [0.2, 0.25) is 0 Å². The Balaban J connectivity index is 2.49. The van der Waals surface area contributed by atoms with Gasteiger partial charge < -0.3 is 10.4 Å². The second kappa shape index (κ2) is 5.67. The van der Waals surface area contributed by atoms with Gasteiger partial charge >= 0.3 is 5.97 Å². The Kier molecular flexibility index (Phi) is 4.14. The van der Waals surface area contributed by atoms with Crippen LogP contribution >= 0.6 is 15.9 Å². The lowest BCUT2D eigenvalue weighted by Crippen LogP contribution is -2.41. The van der Waals surface area contributed by atoms with E-state index >= 15 is 0 Å². The summed E-state index contributed by atoms with van der Waals surface area (Å²) in [4.78, 5) is 11.8. The number of hydrogen-bond donors (Lipinski definition) is 2. The van der Waals surface area contributed by atoms with Crippen LogP contribution in [0.2, 0.25) is 0 Å². The van der Waals surface area contributed by atoms with E-state index in [1.165, 1.54) is 0 Å². The zero-order valence-corrected chi connectivity index (χ0v) is 12.9. The highest BCUT2D eigenvalue weighted by Crippen LogP contribution is 2.32. The Labute approximate surface area is 126 Å². The number of para-hydroxylation sites is 1. The monoisotopic (exact) mass is 333 g/mol. The number of carboxylic acid groups (broad SMARTS) is 1. The van der Waals surface area contributed by atoms with Gasteiger partial charge in [0.05, 0.1) is 0 Å². The van der Waals surface area contributed by atoms with Gasteiger partial charge in [0.25, 0.3) is 0 Å². The number of benzene rings is 2. The maximum atomic E-state index is 11.8. The lowest BCUT2D eigenvalue weighted by atomic mass is 9.88. The molecule has 2 N–H and O–H groups in total. The maximum Gasteiger partial charge on any atom is 0.333 e. The second-order valence-corrected chi connectivity index (χ2v) is 5.70. The smallest absolute Gasteiger partial charge is 0.333 e. The minimum absolute atomic E-state index is 0.751. The Morgan fingerprint density at radius 3 is 2.35 bits per heavy atom. The van der Waals surface area contributed by atoms with E-state index in [1.807, 2.05) is 55.5 Å². The highest BCUT2D eigenvalue weighted by Gasteiger charge is 2.36. The highest BCUT2D eigenvalue weighted by atomic mass is 79.9. The van der Waals surface area contributed by atoms with Crippen molar-refractivity contribution in [3.05, 3.63) is 64.1 Å². The summed E-state index contributed by atoms with van der Waals surface area (Å²) in [5, 5.41) is 12.8. The quantitative estimate of drug-likeness (QED) is 0.882. The van der Waals surface area contributed by atoms with Gasteiger partial charge in [-0.15, -0.1) is 0 Å². The average molecular weight is 334 g/mol. The number of rotatable bonds is 4. The van der Waals surface area contributed by atoms with Crippen LogP contribution in [0.4, 0.5) is 5.69 Å². The molecular weight excluding hydrogens is 318 g/mol. The molecule has 1 atom stereocenters. The topological polar surface area (TPSA) is 49.3 Å². The second-order valence-electron chi connectivity index (χ2n) is 4.85. The van der Waals surface area contributed by atoms with Crippen molar-refractivity contribution in [1.82, 2.24) is 0 Å². The molecule has 0 saturated carbocycles. The van der Waals surface area contributed by atoms with Gasteiger partial charge in [-0.2, -0.15) is 0 Å². The molecule has 0 aliphatic rings. The lowest BCUT2D eigenvalue weighted by Gasteiger charge is -2.30.